The van der Waals surface area contributed by atoms with Gasteiger partial charge in [0.15, 0.2) is 5.11 Å². The van der Waals surface area contributed by atoms with Crippen LogP contribution in [0.15, 0.2) is 42.5 Å². The Balaban J connectivity index is 1.46. The number of fused-ring (bicyclic) bond motifs is 3. The molecule has 1 atom stereocenters. The lowest BCUT2D eigenvalue weighted by molar-refractivity contribution is 0.417. The number of para-hydroxylation sites is 2. The maximum atomic E-state index is 5.52. The molecule has 0 saturated carbocycles. The summed E-state index contributed by atoms with van der Waals surface area (Å²) in [4.78, 5) is 3.59. The number of thiocarbonyl (C=S) groups is 1. The van der Waals surface area contributed by atoms with Crippen molar-refractivity contribution < 1.29 is 4.74 Å². The van der Waals surface area contributed by atoms with Crippen LogP contribution in [0.2, 0.25) is 0 Å². The first-order valence-corrected chi connectivity index (χ1v) is 9.35. The molecule has 0 aliphatic heterocycles. The van der Waals surface area contributed by atoms with E-state index in [0.717, 1.165) is 30.7 Å². The number of rotatable bonds is 3. The number of H-pyrrole nitrogens is 1. The molecule has 0 spiro atoms. The third-order valence-corrected chi connectivity index (χ3v) is 5.25. The minimum Gasteiger partial charge on any atom is -0.495 e. The van der Waals surface area contributed by atoms with Crippen LogP contribution in [-0.2, 0) is 12.8 Å². The summed E-state index contributed by atoms with van der Waals surface area (Å²) in [6, 6.07) is 14.7. The normalized spacial score (nSPS) is 16.2. The van der Waals surface area contributed by atoms with Gasteiger partial charge in [-0.2, -0.15) is 0 Å². The monoisotopic (exact) mass is 365 g/mol. The second kappa shape index (κ2) is 7.00. The fourth-order valence-corrected chi connectivity index (χ4v) is 4.04. The van der Waals surface area contributed by atoms with E-state index < -0.39 is 0 Å². The molecule has 1 aliphatic rings. The molecule has 3 aromatic rings. The van der Waals surface area contributed by atoms with Crippen molar-refractivity contribution >= 4 is 33.9 Å². The molecule has 5 heteroatoms. The molecule has 4 nitrogen and oxygen atoms in total. The van der Waals surface area contributed by atoms with Crippen molar-refractivity contribution in [2.24, 2.45) is 0 Å². The van der Waals surface area contributed by atoms with Crippen LogP contribution >= 0.6 is 12.2 Å². The molecule has 3 N–H and O–H groups in total. The molecule has 26 heavy (non-hydrogen) atoms. The lowest BCUT2D eigenvalue weighted by Crippen LogP contribution is -2.41. The molecule has 0 saturated heterocycles. The number of hydrogen-bond donors (Lipinski definition) is 3. The predicted octanol–water partition coefficient (Wildman–Crippen LogP) is 4.33. The zero-order valence-corrected chi connectivity index (χ0v) is 15.9. The Hall–Kier alpha value is -2.53. The minimum absolute atomic E-state index is 0.325. The average molecular weight is 366 g/mol. The molecule has 1 aromatic heterocycles. The molecule has 134 valence electrons. The number of anilines is 1. The predicted molar refractivity (Wildman–Crippen MR) is 111 cm³/mol. The van der Waals surface area contributed by atoms with Gasteiger partial charge in [0, 0.05) is 29.1 Å². The van der Waals surface area contributed by atoms with Crippen LogP contribution in [-0.4, -0.2) is 23.2 Å². The first-order valence-electron chi connectivity index (χ1n) is 8.94. The SMILES string of the molecule is COc1ccccc1NC(=S)NC1CCc2c([nH]c3ccc(C)cc23)C1. The second-order valence-electron chi connectivity index (χ2n) is 6.87. The van der Waals surface area contributed by atoms with Crippen molar-refractivity contribution in [1.82, 2.24) is 10.3 Å². The van der Waals surface area contributed by atoms with Crippen molar-refractivity contribution in [3.63, 3.8) is 0 Å². The summed E-state index contributed by atoms with van der Waals surface area (Å²) in [7, 11) is 1.66. The lowest BCUT2D eigenvalue weighted by atomic mass is 9.91. The highest BCUT2D eigenvalue weighted by molar-refractivity contribution is 7.80. The molecular weight excluding hydrogens is 342 g/mol. The highest BCUT2D eigenvalue weighted by Gasteiger charge is 2.23. The van der Waals surface area contributed by atoms with E-state index in [0.29, 0.717) is 11.2 Å². The van der Waals surface area contributed by atoms with Gasteiger partial charge in [0.2, 0.25) is 0 Å². The van der Waals surface area contributed by atoms with Gasteiger partial charge in [0.05, 0.1) is 12.8 Å². The van der Waals surface area contributed by atoms with Crippen molar-refractivity contribution in [2.75, 3.05) is 12.4 Å². The first-order chi connectivity index (χ1) is 12.6. The van der Waals surface area contributed by atoms with Gasteiger partial charge in [-0.25, -0.2) is 0 Å². The van der Waals surface area contributed by atoms with E-state index in [4.69, 9.17) is 17.0 Å². The maximum Gasteiger partial charge on any atom is 0.171 e. The molecule has 1 unspecified atom stereocenters. The van der Waals surface area contributed by atoms with Crippen molar-refractivity contribution in [3.8, 4) is 5.75 Å². The van der Waals surface area contributed by atoms with E-state index in [1.807, 2.05) is 24.3 Å². The standard InChI is InChI=1S/C21H23N3OS/c1-13-7-10-17-16(11-13)15-9-8-14(12-19(15)23-17)22-21(26)24-18-5-3-4-6-20(18)25-2/h3-7,10-11,14,23H,8-9,12H2,1-2H3,(H2,22,24,26). The minimum atomic E-state index is 0.325. The number of nitrogens with one attached hydrogen (secondary N) is 3. The van der Waals surface area contributed by atoms with Crippen molar-refractivity contribution in [2.45, 2.75) is 32.2 Å². The Morgan fingerprint density at radius 1 is 1.23 bits per heavy atom. The smallest absolute Gasteiger partial charge is 0.171 e. The molecular formula is C21H23N3OS. The largest absolute Gasteiger partial charge is 0.495 e. The summed E-state index contributed by atoms with van der Waals surface area (Å²) >= 11 is 5.52. The van der Waals surface area contributed by atoms with E-state index in [1.54, 1.807) is 7.11 Å². The molecule has 0 fully saturated rings. The molecule has 2 aromatic carbocycles. The van der Waals surface area contributed by atoms with E-state index in [1.165, 1.54) is 27.7 Å². The average Bonchev–Trinajstić information content (AvgIpc) is 2.99. The van der Waals surface area contributed by atoms with E-state index in [2.05, 4.69) is 40.7 Å². The van der Waals surface area contributed by atoms with Crippen LogP contribution in [0.3, 0.4) is 0 Å². The third-order valence-electron chi connectivity index (χ3n) is 5.03. The number of aromatic nitrogens is 1. The first kappa shape index (κ1) is 16.9. The summed E-state index contributed by atoms with van der Waals surface area (Å²) in [6.45, 7) is 2.15. The van der Waals surface area contributed by atoms with Crippen molar-refractivity contribution in [3.05, 3.63) is 59.3 Å². The van der Waals surface area contributed by atoms with Gasteiger partial charge < -0.3 is 20.4 Å². The quantitative estimate of drug-likeness (QED) is 0.605. The van der Waals surface area contributed by atoms with Gasteiger partial charge >= 0.3 is 0 Å². The zero-order chi connectivity index (χ0) is 18.1. The number of aromatic amines is 1. The highest BCUT2D eigenvalue weighted by atomic mass is 32.1. The Bertz CT molecular complexity index is 963. The van der Waals surface area contributed by atoms with Crippen molar-refractivity contribution in [1.29, 1.82) is 0 Å². The van der Waals surface area contributed by atoms with Crippen LogP contribution in [0.1, 0.15) is 23.2 Å². The van der Waals surface area contributed by atoms with Gasteiger partial charge in [-0.05, 0) is 61.8 Å². The molecule has 1 aliphatic carbocycles. The summed E-state index contributed by atoms with van der Waals surface area (Å²) in [5.74, 6) is 0.786. The van der Waals surface area contributed by atoms with Gasteiger partial charge in [0.1, 0.15) is 5.75 Å². The topological polar surface area (TPSA) is 49.1 Å². The Morgan fingerprint density at radius 2 is 2.08 bits per heavy atom. The summed E-state index contributed by atoms with van der Waals surface area (Å²) < 4.78 is 5.37. The fraction of sp³-hybridized carbons (Fsp3) is 0.286. The van der Waals surface area contributed by atoms with Gasteiger partial charge in [-0.3, -0.25) is 0 Å². The second-order valence-corrected chi connectivity index (χ2v) is 7.28. The number of aryl methyl sites for hydroxylation is 2. The number of hydrogen-bond acceptors (Lipinski definition) is 2. The Morgan fingerprint density at radius 3 is 2.92 bits per heavy atom. The molecule has 0 radical (unpaired) electrons. The molecule has 0 bridgehead atoms. The number of ether oxygens (including phenoxy) is 1. The van der Waals surface area contributed by atoms with Gasteiger partial charge in [-0.15, -0.1) is 0 Å². The van der Waals surface area contributed by atoms with E-state index >= 15 is 0 Å². The van der Waals surface area contributed by atoms with Gasteiger partial charge in [0.25, 0.3) is 0 Å². The van der Waals surface area contributed by atoms with Crippen LogP contribution in [0.4, 0.5) is 5.69 Å². The maximum absolute atomic E-state index is 5.52. The fourth-order valence-electron chi connectivity index (χ4n) is 3.76. The third kappa shape index (κ3) is 3.27. The van der Waals surface area contributed by atoms with Crippen LogP contribution in [0.25, 0.3) is 10.9 Å². The summed E-state index contributed by atoms with van der Waals surface area (Å²) in [5.41, 5.74) is 6.21. The van der Waals surface area contributed by atoms with E-state index in [9.17, 15) is 0 Å². The van der Waals surface area contributed by atoms with Crippen LogP contribution < -0.4 is 15.4 Å². The summed E-state index contributed by atoms with van der Waals surface area (Å²) in [6.07, 6.45) is 3.09. The zero-order valence-electron chi connectivity index (χ0n) is 15.1. The van der Waals surface area contributed by atoms with Crippen LogP contribution in [0, 0.1) is 6.92 Å². The lowest BCUT2D eigenvalue weighted by Gasteiger charge is -2.25. The molecule has 0 amide bonds. The summed E-state index contributed by atoms with van der Waals surface area (Å²) in [5, 5.41) is 8.71. The van der Waals surface area contributed by atoms with Gasteiger partial charge in [-0.1, -0.05) is 23.8 Å². The molecule has 4 rings (SSSR count). The Labute approximate surface area is 159 Å². The van der Waals surface area contributed by atoms with E-state index in [-0.39, 0.29) is 0 Å². The number of benzene rings is 2. The highest BCUT2D eigenvalue weighted by Crippen LogP contribution is 2.30. The Kier molecular flexibility index (Phi) is 4.55. The molecule has 1 heterocycles. The van der Waals surface area contributed by atoms with Crippen LogP contribution in [0.5, 0.6) is 5.75 Å². The number of methoxy groups -OCH3 is 1.